The Morgan fingerprint density at radius 1 is 1.12 bits per heavy atom. The number of rotatable bonds is 5. The van der Waals surface area contributed by atoms with Gasteiger partial charge in [-0.25, -0.2) is 0 Å². The van der Waals surface area contributed by atoms with Gasteiger partial charge >= 0.3 is 0 Å². The number of nitrogens with zero attached hydrogens (tertiary/aromatic N) is 1. The van der Waals surface area contributed by atoms with Gasteiger partial charge in [-0.3, -0.25) is 4.79 Å². The van der Waals surface area contributed by atoms with E-state index < -0.39 is 0 Å². The second-order valence-electron chi connectivity index (χ2n) is 5.90. The Labute approximate surface area is 165 Å². The number of fused-ring (bicyclic) bond motifs is 1. The highest BCUT2D eigenvalue weighted by Gasteiger charge is 2.23. The Hall–Kier alpha value is -1.92. The van der Waals surface area contributed by atoms with Crippen LogP contribution in [0.3, 0.4) is 0 Å². The van der Waals surface area contributed by atoms with Gasteiger partial charge in [-0.1, -0.05) is 27.5 Å². The average Bonchev–Trinajstić information content (AvgIpc) is 2.65. The highest BCUT2D eigenvalue weighted by molar-refractivity contribution is 9.10. The number of hydrogen-bond acceptors (Lipinski definition) is 4. The van der Waals surface area contributed by atoms with Gasteiger partial charge in [0.2, 0.25) is 0 Å². The molecule has 138 valence electrons. The summed E-state index contributed by atoms with van der Waals surface area (Å²) < 4.78 is 17.1. The summed E-state index contributed by atoms with van der Waals surface area (Å²) in [5.74, 6) is 1.79. The van der Waals surface area contributed by atoms with Crippen LogP contribution < -0.4 is 14.2 Å². The first-order valence-electron chi connectivity index (χ1n) is 8.11. The minimum absolute atomic E-state index is 0.0516. The lowest BCUT2D eigenvalue weighted by atomic mass is 9.99. The summed E-state index contributed by atoms with van der Waals surface area (Å²) in [7, 11) is 3.22. The molecule has 0 atom stereocenters. The van der Waals surface area contributed by atoms with Crippen molar-refractivity contribution in [3.8, 4) is 17.2 Å². The number of methoxy groups -OCH3 is 2. The highest BCUT2D eigenvalue weighted by Crippen LogP contribution is 2.33. The van der Waals surface area contributed by atoms with Gasteiger partial charge in [-0.15, -0.1) is 0 Å². The van der Waals surface area contributed by atoms with Crippen molar-refractivity contribution in [3.63, 3.8) is 0 Å². The summed E-state index contributed by atoms with van der Waals surface area (Å²) >= 11 is 9.46. The summed E-state index contributed by atoms with van der Waals surface area (Å²) in [4.78, 5) is 14.3. The molecule has 3 rings (SSSR count). The number of hydrogen-bond donors (Lipinski definition) is 0. The van der Waals surface area contributed by atoms with Crippen LogP contribution in [0, 0.1) is 0 Å². The van der Waals surface area contributed by atoms with Crippen molar-refractivity contribution < 1.29 is 19.0 Å². The zero-order chi connectivity index (χ0) is 18.7. The number of amides is 1. The minimum atomic E-state index is -0.0792. The van der Waals surface area contributed by atoms with E-state index in [2.05, 4.69) is 15.9 Å². The van der Waals surface area contributed by atoms with E-state index in [-0.39, 0.29) is 12.5 Å². The first-order valence-corrected chi connectivity index (χ1v) is 9.28. The smallest absolute Gasteiger partial charge is 0.260 e. The van der Waals surface area contributed by atoms with E-state index in [1.54, 1.807) is 31.3 Å². The van der Waals surface area contributed by atoms with Crippen LogP contribution >= 0.6 is 27.5 Å². The predicted molar refractivity (Wildman–Crippen MR) is 103 cm³/mol. The molecule has 1 amide bonds. The van der Waals surface area contributed by atoms with Crippen molar-refractivity contribution in [2.45, 2.75) is 13.0 Å². The first-order chi connectivity index (χ1) is 12.5. The van der Waals surface area contributed by atoms with Crippen LogP contribution in [0.25, 0.3) is 0 Å². The monoisotopic (exact) mass is 439 g/mol. The maximum atomic E-state index is 12.5. The molecular formula is C19H19BrClNO4. The standard InChI is InChI=1S/C19H19BrClNO4/c1-24-17-7-12-5-6-22(10-13(12)8-18(17)25-2)19(23)11-26-16-4-3-14(20)9-15(16)21/h3-4,7-9H,5-6,10-11H2,1-2H3. The van der Waals surface area contributed by atoms with Crippen LogP contribution in [-0.4, -0.2) is 38.2 Å². The van der Waals surface area contributed by atoms with Crippen molar-refractivity contribution in [3.05, 3.63) is 51.0 Å². The first kappa shape index (κ1) is 18.9. The Balaban J connectivity index is 1.67. The Kier molecular flexibility index (Phi) is 5.94. The van der Waals surface area contributed by atoms with Crippen molar-refractivity contribution in [2.24, 2.45) is 0 Å². The van der Waals surface area contributed by atoms with Gasteiger partial charge in [0.1, 0.15) is 5.75 Å². The fourth-order valence-electron chi connectivity index (χ4n) is 2.92. The highest BCUT2D eigenvalue weighted by atomic mass is 79.9. The molecule has 2 aromatic carbocycles. The Bertz CT molecular complexity index is 827. The van der Waals surface area contributed by atoms with E-state index in [0.717, 1.165) is 16.5 Å². The van der Waals surface area contributed by atoms with E-state index >= 15 is 0 Å². The third-order valence-electron chi connectivity index (χ3n) is 4.32. The number of carbonyl (C=O) groups is 1. The third-order valence-corrected chi connectivity index (χ3v) is 5.10. The molecule has 0 saturated carbocycles. The van der Waals surface area contributed by atoms with Crippen molar-refractivity contribution in [1.82, 2.24) is 4.90 Å². The van der Waals surface area contributed by atoms with Gasteiger partial charge in [-0.05, 0) is 47.9 Å². The van der Waals surface area contributed by atoms with Gasteiger partial charge in [0, 0.05) is 17.6 Å². The fourth-order valence-corrected chi connectivity index (χ4v) is 3.65. The summed E-state index contributed by atoms with van der Waals surface area (Å²) in [6, 6.07) is 9.21. The maximum absolute atomic E-state index is 12.5. The van der Waals surface area contributed by atoms with Gasteiger partial charge in [-0.2, -0.15) is 0 Å². The molecule has 0 fully saturated rings. The van der Waals surface area contributed by atoms with Crippen molar-refractivity contribution in [1.29, 1.82) is 0 Å². The summed E-state index contributed by atoms with van der Waals surface area (Å²) in [6.07, 6.45) is 0.764. The third kappa shape index (κ3) is 4.07. The topological polar surface area (TPSA) is 48.0 Å². The summed E-state index contributed by atoms with van der Waals surface area (Å²) in [6.45, 7) is 1.11. The van der Waals surface area contributed by atoms with Gasteiger partial charge < -0.3 is 19.1 Å². The van der Waals surface area contributed by atoms with Crippen molar-refractivity contribution in [2.75, 3.05) is 27.4 Å². The molecule has 5 nitrogen and oxygen atoms in total. The zero-order valence-corrected chi connectivity index (χ0v) is 16.9. The lowest BCUT2D eigenvalue weighted by Crippen LogP contribution is -2.38. The minimum Gasteiger partial charge on any atom is -0.493 e. The van der Waals surface area contributed by atoms with Crippen molar-refractivity contribution >= 4 is 33.4 Å². The van der Waals surface area contributed by atoms with Gasteiger partial charge in [0.15, 0.2) is 18.1 Å². The molecule has 0 radical (unpaired) electrons. The molecule has 0 N–H and O–H groups in total. The Morgan fingerprint density at radius 3 is 2.46 bits per heavy atom. The number of ether oxygens (including phenoxy) is 3. The molecule has 0 saturated heterocycles. The van der Waals surface area contributed by atoms with E-state index in [4.69, 9.17) is 25.8 Å². The maximum Gasteiger partial charge on any atom is 0.260 e. The van der Waals surface area contributed by atoms with Crippen LogP contribution in [0.4, 0.5) is 0 Å². The second-order valence-corrected chi connectivity index (χ2v) is 7.23. The Morgan fingerprint density at radius 2 is 1.81 bits per heavy atom. The second kappa shape index (κ2) is 8.18. The normalized spacial score (nSPS) is 13.2. The molecule has 0 aromatic heterocycles. The molecule has 1 heterocycles. The zero-order valence-electron chi connectivity index (χ0n) is 14.6. The van der Waals surface area contributed by atoms with Crippen LogP contribution in [0.15, 0.2) is 34.8 Å². The van der Waals surface area contributed by atoms with E-state index in [1.807, 2.05) is 18.2 Å². The van der Waals surface area contributed by atoms with Crippen LogP contribution in [0.1, 0.15) is 11.1 Å². The quantitative estimate of drug-likeness (QED) is 0.703. The van der Waals surface area contributed by atoms with Crippen LogP contribution in [0.2, 0.25) is 5.02 Å². The number of halogens is 2. The molecule has 1 aliphatic rings. The van der Waals surface area contributed by atoms with E-state index in [0.29, 0.717) is 35.4 Å². The number of benzene rings is 2. The number of carbonyl (C=O) groups excluding carboxylic acids is 1. The summed E-state index contributed by atoms with van der Waals surface area (Å²) in [5, 5.41) is 0.466. The van der Waals surface area contributed by atoms with Gasteiger partial charge in [0.05, 0.1) is 19.2 Å². The molecule has 7 heteroatoms. The largest absolute Gasteiger partial charge is 0.493 e. The average molecular weight is 441 g/mol. The van der Waals surface area contributed by atoms with E-state index in [9.17, 15) is 4.79 Å². The van der Waals surface area contributed by atoms with Crippen LogP contribution in [0.5, 0.6) is 17.2 Å². The van der Waals surface area contributed by atoms with E-state index in [1.165, 1.54) is 5.56 Å². The summed E-state index contributed by atoms with van der Waals surface area (Å²) in [5.41, 5.74) is 2.23. The molecule has 0 aliphatic carbocycles. The molecular weight excluding hydrogens is 422 g/mol. The predicted octanol–water partition coefficient (Wildman–Crippen LogP) is 4.08. The molecule has 0 unspecified atom stereocenters. The lowest BCUT2D eigenvalue weighted by molar-refractivity contribution is -0.134. The molecule has 0 bridgehead atoms. The molecule has 0 spiro atoms. The lowest BCUT2D eigenvalue weighted by Gasteiger charge is -2.29. The molecule has 26 heavy (non-hydrogen) atoms. The fraction of sp³-hybridized carbons (Fsp3) is 0.316. The van der Waals surface area contributed by atoms with Gasteiger partial charge in [0.25, 0.3) is 5.91 Å². The molecule has 1 aliphatic heterocycles. The molecule has 2 aromatic rings. The SMILES string of the molecule is COc1cc2c(cc1OC)CN(C(=O)COc1ccc(Br)cc1Cl)CC2. The van der Waals surface area contributed by atoms with Crippen LogP contribution in [-0.2, 0) is 17.8 Å².